The molecular formula is C16H20N4O4. The number of carbonyl (C=O) groups is 4. The maximum Gasteiger partial charge on any atom is 0.323 e. The van der Waals surface area contributed by atoms with Gasteiger partial charge in [-0.3, -0.25) is 19.2 Å². The lowest BCUT2D eigenvalue weighted by Gasteiger charge is -2.31. The fraction of sp³-hybridized carbons (Fsp3) is 0.375. The zero-order valence-corrected chi connectivity index (χ0v) is 13.4. The van der Waals surface area contributed by atoms with E-state index in [1.807, 2.05) is 0 Å². The Labute approximate surface area is 139 Å². The maximum atomic E-state index is 12.5. The Balaban J connectivity index is 2.12. The van der Waals surface area contributed by atoms with Crippen molar-refractivity contribution in [2.24, 2.45) is 11.7 Å². The van der Waals surface area contributed by atoms with Crippen LogP contribution in [0.2, 0.25) is 0 Å². The average molecular weight is 332 g/mol. The predicted molar refractivity (Wildman–Crippen MR) is 87.5 cm³/mol. The van der Waals surface area contributed by atoms with Gasteiger partial charge in [-0.15, -0.1) is 0 Å². The van der Waals surface area contributed by atoms with Crippen LogP contribution in [0, 0.1) is 5.92 Å². The van der Waals surface area contributed by atoms with Crippen LogP contribution in [0.15, 0.2) is 24.3 Å². The van der Waals surface area contributed by atoms with E-state index in [2.05, 4.69) is 0 Å². The van der Waals surface area contributed by atoms with Crippen molar-refractivity contribution in [2.45, 2.75) is 19.8 Å². The molecule has 8 heteroatoms. The quantitative estimate of drug-likeness (QED) is 0.576. The molecule has 1 aromatic carbocycles. The number of benzene rings is 1. The number of likely N-dealkylation sites (tertiary alicyclic amines) is 1. The summed E-state index contributed by atoms with van der Waals surface area (Å²) in [6, 6.07) is 6.09. The van der Waals surface area contributed by atoms with Gasteiger partial charge >= 0.3 is 11.8 Å². The van der Waals surface area contributed by atoms with Gasteiger partial charge in [-0.1, -0.05) is 0 Å². The number of carbonyl (C=O) groups excluding carboxylic acids is 4. The smallest absolute Gasteiger partial charge is 0.323 e. The molecule has 0 atom stereocenters. The van der Waals surface area contributed by atoms with Gasteiger partial charge in [0.15, 0.2) is 0 Å². The number of imide groups is 1. The number of hydrogen-bond acceptors (Lipinski definition) is 5. The molecule has 1 aromatic rings. The highest BCUT2D eigenvalue weighted by atomic mass is 16.2. The molecule has 0 radical (unpaired) electrons. The molecule has 0 aromatic heterocycles. The molecular weight excluding hydrogens is 312 g/mol. The number of primary amides is 1. The first-order valence-corrected chi connectivity index (χ1v) is 7.60. The molecule has 1 fully saturated rings. The summed E-state index contributed by atoms with van der Waals surface area (Å²) in [6.07, 6.45) is 0.826. The lowest BCUT2D eigenvalue weighted by atomic mass is 9.96. The van der Waals surface area contributed by atoms with Gasteiger partial charge in [0.25, 0.3) is 0 Å². The molecule has 0 unspecified atom stereocenters. The van der Waals surface area contributed by atoms with Gasteiger partial charge in [-0.2, -0.15) is 0 Å². The minimum atomic E-state index is -0.926. The first-order chi connectivity index (χ1) is 11.3. The van der Waals surface area contributed by atoms with E-state index in [1.165, 1.54) is 24.0 Å². The molecule has 0 aliphatic carbocycles. The molecule has 1 aliphatic heterocycles. The summed E-state index contributed by atoms with van der Waals surface area (Å²) >= 11 is 0. The standard InChI is InChI=1S/C16H20N4O4/c1-10(21)20(13-4-2-12(17)3-5-13)16(24)15(23)19-8-6-11(7-9-19)14(18)22/h2-5,11H,6-9,17H2,1H3,(H2,18,22). The van der Waals surface area contributed by atoms with E-state index in [1.54, 1.807) is 12.1 Å². The molecule has 1 heterocycles. The summed E-state index contributed by atoms with van der Waals surface area (Å²) in [5.74, 6) is -2.95. The highest BCUT2D eigenvalue weighted by Gasteiger charge is 2.33. The summed E-state index contributed by atoms with van der Waals surface area (Å²) < 4.78 is 0. The Morgan fingerprint density at radius 3 is 2.08 bits per heavy atom. The van der Waals surface area contributed by atoms with E-state index in [4.69, 9.17) is 11.5 Å². The molecule has 0 bridgehead atoms. The number of amides is 4. The second kappa shape index (κ2) is 7.12. The maximum absolute atomic E-state index is 12.5. The Kier molecular flexibility index (Phi) is 5.18. The molecule has 24 heavy (non-hydrogen) atoms. The minimum Gasteiger partial charge on any atom is -0.399 e. The molecule has 1 aliphatic rings. The van der Waals surface area contributed by atoms with E-state index in [9.17, 15) is 19.2 Å². The van der Waals surface area contributed by atoms with Gasteiger partial charge in [0.2, 0.25) is 11.8 Å². The lowest BCUT2D eigenvalue weighted by molar-refractivity contribution is -0.146. The fourth-order valence-electron chi connectivity index (χ4n) is 2.66. The molecule has 2 rings (SSSR count). The van der Waals surface area contributed by atoms with Crippen LogP contribution in [0.1, 0.15) is 19.8 Å². The van der Waals surface area contributed by atoms with Crippen molar-refractivity contribution in [3.8, 4) is 0 Å². The highest BCUT2D eigenvalue weighted by molar-refractivity contribution is 6.45. The molecule has 8 nitrogen and oxygen atoms in total. The Hall–Kier alpha value is -2.90. The van der Waals surface area contributed by atoms with Gasteiger partial charge in [0.1, 0.15) is 0 Å². The number of anilines is 2. The van der Waals surface area contributed by atoms with E-state index >= 15 is 0 Å². The normalized spacial score (nSPS) is 15.0. The Morgan fingerprint density at radius 1 is 1.08 bits per heavy atom. The van der Waals surface area contributed by atoms with Crippen molar-refractivity contribution in [1.29, 1.82) is 0 Å². The minimum absolute atomic E-state index is 0.256. The molecule has 0 saturated carbocycles. The molecule has 4 N–H and O–H groups in total. The molecule has 0 spiro atoms. The van der Waals surface area contributed by atoms with Crippen molar-refractivity contribution >= 4 is 35.0 Å². The summed E-state index contributed by atoms with van der Waals surface area (Å²) in [5.41, 5.74) is 11.6. The van der Waals surface area contributed by atoms with Crippen LogP contribution in [0.3, 0.4) is 0 Å². The van der Waals surface area contributed by atoms with Crippen LogP contribution in [0.25, 0.3) is 0 Å². The number of rotatable bonds is 2. The van der Waals surface area contributed by atoms with Gasteiger partial charge < -0.3 is 16.4 Å². The summed E-state index contributed by atoms with van der Waals surface area (Å²) in [7, 11) is 0. The third-order valence-corrected chi connectivity index (χ3v) is 4.04. The van der Waals surface area contributed by atoms with Crippen molar-refractivity contribution in [3.63, 3.8) is 0 Å². The predicted octanol–water partition coefficient (Wildman–Crippen LogP) is -0.128. The van der Waals surface area contributed by atoms with Gasteiger partial charge in [-0.05, 0) is 37.1 Å². The number of hydrogen-bond donors (Lipinski definition) is 2. The summed E-state index contributed by atoms with van der Waals surface area (Å²) in [6.45, 7) is 1.72. The van der Waals surface area contributed by atoms with E-state index in [0.29, 0.717) is 18.5 Å². The topological polar surface area (TPSA) is 127 Å². The van der Waals surface area contributed by atoms with Crippen LogP contribution in [-0.2, 0) is 19.2 Å². The van der Waals surface area contributed by atoms with Crippen LogP contribution >= 0.6 is 0 Å². The van der Waals surface area contributed by atoms with Crippen molar-refractivity contribution < 1.29 is 19.2 Å². The zero-order valence-electron chi connectivity index (χ0n) is 13.4. The number of nitrogens with two attached hydrogens (primary N) is 2. The van der Waals surface area contributed by atoms with Crippen molar-refractivity contribution in [3.05, 3.63) is 24.3 Å². The zero-order chi connectivity index (χ0) is 17.9. The largest absolute Gasteiger partial charge is 0.399 e. The third kappa shape index (κ3) is 3.70. The van der Waals surface area contributed by atoms with Gasteiger partial charge in [0, 0.05) is 31.6 Å². The monoisotopic (exact) mass is 332 g/mol. The van der Waals surface area contributed by atoms with E-state index < -0.39 is 23.6 Å². The second-order valence-electron chi connectivity index (χ2n) is 5.72. The van der Waals surface area contributed by atoms with E-state index in [0.717, 1.165) is 4.90 Å². The molecule has 1 saturated heterocycles. The fourth-order valence-corrected chi connectivity index (χ4v) is 2.66. The SMILES string of the molecule is CC(=O)N(C(=O)C(=O)N1CCC(C(N)=O)CC1)c1ccc(N)cc1. The number of piperidine rings is 1. The van der Waals surface area contributed by atoms with Crippen molar-refractivity contribution in [1.82, 2.24) is 4.90 Å². The van der Waals surface area contributed by atoms with Crippen LogP contribution in [0.4, 0.5) is 11.4 Å². The number of nitrogens with zero attached hydrogens (tertiary/aromatic N) is 2. The van der Waals surface area contributed by atoms with Gasteiger partial charge in [-0.25, -0.2) is 4.90 Å². The average Bonchev–Trinajstić information content (AvgIpc) is 2.55. The molecule has 4 amide bonds. The molecule has 128 valence electrons. The van der Waals surface area contributed by atoms with Gasteiger partial charge in [0.05, 0.1) is 5.69 Å². The third-order valence-electron chi connectivity index (χ3n) is 4.04. The van der Waals surface area contributed by atoms with Crippen molar-refractivity contribution in [2.75, 3.05) is 23.7 Å². The highest BCUT2D eigenvalue weighted by Crippen LogP contribution is 2.20. The first kappa shape index (κ1) is 17.5. The van der Waals surface area contributed by atoms with Crippen LogP contribution in [0.5, 0.6) is 0 Å². The first-order valence-electron chi connectivity index (χ1n) is 7.60. The lowest BCUT2D eigenvalue weighted by Crippen LogP contribution is -2.50. The van der Waals surface area contributed by atoms with Crippen LogP contribution in [-0.4, -0.2) is 41.6 Å². The summed E-state index contributed by atoms with van der Waals surface area (Å²) in [5, 5.41) is 0. The Bertz CT molecular complexity index is 663. The Morgan fingerprint density at radius 2 is 1.62 bits per heavy atom. The van der Waals surface area contributed by atoms with Crippen LogP contribution < -0.4 is 16.4 Å². The number of nitrogen functional groups attached to an aromatic ring is 1. The summed E-state index contributed by atoms with van der Waals surface area (Å²) in [4.78, 5) is 50.0. The second-order valence-corrected chi connectivity index (χ2v) is 5.72. The van der Waals surface area contributed by atoms with E-state index in [-0.39, 0.29) is 24.7 Å².